The Morgan fingerprint density at radius 1 is 1.56 bits per heavy atom. The minimum Gasteiger partial charge on any atom is -0.464 e. The van der Waals surface area contributed by atoms with Crippen LogP contribution >= 0.6 is 0 Å². The molecule has 0 aliphatic rings. The number of aryl methyl sites for hydroxylation is 1. The standard InChI is InChI=1S/C11H19N3O2/c1-4-5-6-7-12-9-8-13-14(2)10(9)11(15)16-3/h8,12H,4-7H2,1-3H3. The molecule has 0 fully saturated rings. The Bertz CT molecular complexity index is 347. The van der Waals surface area contributed by atoms with E-state index in [0.717, 1.165) is 18.7 Å². The summed E-state index contributed by atoms with van der Waals surface area (Å²) in [6, 6.07) is 0. The van der Waals surface area contributed by atoms with E-state index in [1.807, 2.05) is 0 Å². The monoisotopic (exact) mass is 225 g/mol. The molecule has 0 unspecified atom stereocenters. The second-order valence-corrected chi connectivity index (χ2v) is 3.66. The van der Waals surface area contributed by atoms with Crippen LogP contribution in [0, 0.1) is 0 Å². The maximum absolute atomic E-state index is 11.5. The van der Waals surface area contributed by atoms with Gasteiger partial charge in [-0.1, -0.05) is 19.8 Å². The van der Waals surface area contributed by atoms with Gasteiger partial charge in [-0.05, 0) is 6.42 Å². The zero-order chi connectivity index (χ0) is 12.0. The van der Waals surface area contributed by atoms with Gasteiger partial charge in [-0.15, -0.1) is 0 Å². The van der Waals surface area contributed by atoms with Crippen molar-refractivity contribution in [1.29, 1.82) is 0 Å². The number of methoxy groups -OCH3 is 1. The first-order chi connectivity index (χ1) is 7.70. The third-order valence-corrected chi connectivity index (χ3v) is 2.41. The Hall–Kier alpha value is -1.52. The summed E-state index contributed by atoms with van der Waals surface area (Å²) in [4.78, 5) is 11.5. The lowest BCUT2D eigenvalue weighted by molar-refractivity contribution is 0.0589. The van der Waals surface area contributed by atoms with Crippen LogP contribution in [0.5, 0.6) is 0 Å². The van der Waals surface area contributed by atoms with Gasteiger partial charge < -0.3 is 10.1 Å². The van der Waals surface area contributed by atoms with Crippen LogP contribution in [-0.4, -0.2) is 29.4 Å². The Morgan fingerprint density at radius 2 is 2.31 bits per heavy atom. The van der Waals surface area contributed by atoms with Crippen molar-refractivity contribution >= 4 is 11.7 Å². The van der Waals surface area contributed by atoms with Crippen LogP contribution in [0.3, 0.4) is 0 Å². The molecule has 0 aromatic carbocycles. The van der Waals surface area contributed by atoms with Crippen molar-refractivity contribution in [2.45, 2.75) is 26.2 Å². The van der Waals surface area contributed by atoms with Gasteiger partial charge in [-0.2, -0.15) is 5.10 Å². The predicted molar refractivity (Wildman–Crippen MR) is 62.6 cm³/mol. The zero-order valence-electron chi connectivity index (χ0n) is 10.1. The van der Waals surface area contributed by atoms with E-state index in [0.29, 0.717) is 5.69 Å². The number of hydrogen-bond acceptors (Lipinski definition) is 4. The number of anilines is 1. The quantitative estimate of drug-likeness (QED) is 0.592. The van der Waals surface area contributed by atoms with Gasteiger partial charge in [0.05, 0.1) is 19.0 Å². The van der Waals surface area contributed by atoms with Crippen molar-refractivity contribution in [3.05, 3.63) is 11.9 Å². The van der Waals surface area contributed by atoms with Crippen LogP contribution in [0.25, 0.3) is 0 Å². The third-order valence-electron chi connectivity index (χ3n) is 2.41. The fraction of sp³-hybridized carbons (Fsp3) is 0.636. The first kappa shape index (κ1) is 12.5. The Balaban J connectivity index is 2.62. The topological polar surface area (TPSA) is 56.2 Å². The molecule has 0 atom stereocenters. The van der Waals surface area contributed by atoms with Crippen molar-refractivity contribution in [3.8, 4) is 0 Å². The van der Waals surface area contributed by atoms with Crippen molar-refractivity contribution < 1.29 is 9.53 Å². The summed E-state index contributed by atoms with van der Waals surface area (Å²) in [5, 5.41) is 7.24. The molecule has 0 aliphatic heterocycles. The maximum atomic E-state index is 11.5. The van der Waals surface area contributed by atoms with Gasteiger partial charge in [0, 0.05) is 13.6 Å². The molecule has 0 radical (unpaired) electrons. The van der Waals surface area contributed by atoms with E-state index in [2.05, 4.69) is 17.3 Å². The molecular formula is C11H19N3O2. The van der Waals surface area contributed by atoms with E-state index >= 15 is 0 Å². The average molecular weight is 225 g/mol. The van der Waals surface area contributed by atoms with Crippen molar-refractivity contribution in [3.63, 3.8) is 0 Å². The summed E-state index contributed by atoms with van der Waals surface area (Å²) < 4.78 is 6.23. The number of carbonyl (C=O) groups is 1. The van der Waals surface area contributed by atoms with E-state index in [1.54, 1.807) is 13.2 Å². The van der Waals surface area contributed by atoms with Crippen molar-refractivity contribution in [2.24, 2.45) is 7.05 Å². The Morgan fingerprint density at radius 3 is 2.94 bits per heavy atom. The van der Waals surface area contributed by atoms with Gasteiger partial charge in [0.15, 0.2) is 5.69 Å². The minimum atomic E-state index is -0.363. The van der Waals surface area contributed by atoms with Gasteiger partial charge >= 0.3 is 5.97 Å². The number of nitrogens with one attached hydrogen (secondary N) is 1. The molecule has 5 nitrogen and oxygen atoms in total. The summed E-state index contributed by atoms with van der Waals surface area (Å²) in [5.74, 6) is -0.363. The second kappa shape index (κ2) is 6.15. The number of carbonyl (C=O) groups excluding carboxylic acids is 1. The molecule has 1 aromatic heterocycles. The number of hydrogen-bond donors (Lipinski definition) is 1. The molecule has 1 rings (SSSR count). The highest BCUT2D eigenvalue weighted by Gasteiger charge is 2.16. The largest absolute Gasteiger partial charge is 0.464 e. The van der Waals surface area contributed by atoms with Crippen LogP contribution in [0.1, 0.15) is 36.7 Å². The van der Waals surface area contributed by atoms with Crippen LogP contribution in [0.15, 0.2) is 6.20 Å². The van der Waals surface area contributed by atoms with E-state index in [-0.39, 0.29) is 5.97 Å². The summed E-state index contributed by atoms with van der Waals surface area (Å²) in [6.07, 6.45) is 5.10. The van der Waals surface area contributed by atoms with Crippen LogP contribution < -0.4 is 5.32 Å². The highest BCUT2D eigenvalue weighted by molar-refractivity contribution is 5.93. The summed E-state index contributed by atoms with van der Waals surface area (Å²) in [5.41, 5.74) is 1.21. The number of ether oxygens (including phenoxy) is 1. The van der Waals surface area contributed by atoms with Crippen molar-refractivity contribution in [2.75, 3.05) is 19.0 Å². The number of rotatable bonds is 6. The highest BCUT2D eigenvalue weighted by Crippen LogP contribution is 2.15. The van der Waals surface area contributed by atoms with Crippen LogP contribution in [0.2, 0.25) is 0 Å². The molecule has 5 heteroatoms. The predicted octanol–water partition coefficient (Wildman–Crippen LogP) is 1.81. The average Bonchev–Trinajstić information content (AvgIpc) is 2.65. The van der Waals surface area contributed by atoms with E-state index in [9.17, 15) is 4.79 Å². The van der Waals surface area contributed by atoms with Crippen molar-refractivity contribution in [1.82, 2.24) is 9.78 Å². The van der Waals surface area contributed by atoms with Gasteiger partial charge in [-0.25, -0.2) is 4.79 Å². The van der Waals surface area contributed by atoms with E-state index < -0.39 is 0 Å². The Kier molecular flexibility index (Phi) is 4.82. The lowest BCUT2D eigenvalue weighted by atomic mass is 10.2. The zero-order valence-corrected chi connectivity index (χ0v) is 10.1. The SMILES string of the molecule is CCCCCNc1cnn(C)c1C(=O)OC. The molecular weight excluding hydrogens is 206 g/mol. The normalized spacial score (nSPS) is 10.2. The molecule has 0 spiro atoms. The number of nitrogens with zero attached hydrogens (tertiary/aromatic N) is 2. The lowest BCUT2D eigenvalue weighted by Crippen LogP contribution is -2.12. The fourth-order valence-electron chi connectivity index (χ4n) is 1.50. The molecule has 0 amide bonds. The summed E-state index contributed by atoms with van der Waals surface area (Å²) >= 11 is 0. The molecule has 1 aromatic rings. The molecule has 0 saturated heterocycles. The Labute approximate surface area is 95.8 Å². The number of esters is 1. The van der Waals surface area contributed by atoms with Gasteiger partial charge in [0.25, 0.3) is 0 Å². The number of unbranched alkanes of at least 4 members (excludes halogenated alkanes) is 2. The molecule has 0 aliphatic carbocycles. The molecule has 1 heterocycles. The first-order valence-electron chi connectivity index (χ1n) is 5.54. The molecule has 1 N–H and O–H groups in total. The smallest absolute Gasteiger partial charge is 0.358 e. The molecule has 0 bridgehead atoms. The molecule has 16 heavy (non-hydrogen) atoms. The molecule has 90 valence electrons. The fourth-order valence-corrected chi connectivity index (χ4v) is 1.50. The van der Waals surface area contributed by atoms with E-state index in [1.165, 1.54) is 24.6 Å². The number of aromatic nitrogens is 2. The van der Waals surface area contributed by atoms with Gasteiger partial charge in [-0.3, -0.25) is 4.68 Å². The van der Waals surface area contributed by atoms with Gasteiger partial charge in [0.2, 0.25) is 0 Å². The summed E-state index contributed by atoms with van der Waals surface area (Å²) in [7, 11) is 3.10. The highest BCUT2D eigenvalue weighted by atomic mass is 16.5. The lowest BCUT2D eigenvalue weighted by Gasteiger charge is -2.06. The first-order valence-corrected chi connectivity index (χ1v) is 5.54. The second-order valence-electron chi connectivity index (χ2n) is 3.66. The van der Waals surface area contributed by atoms with Gasteiger partial charge in [0.1, 0.15) is 0 Å². The van der Waals surface area contributed by atoms with Crippen LogP contribution in [-0.2, 0) is 11.8 Å². The maximum Gasteiger partial charge on any atom is 0.358 e. The van der Waals surface area contributed by atoms with Crippen LogP contribution in [0.4, 0.5) is 5.69 Å². The third kappa shape index (κ3) is 2.98. The minimum absolute atomic E-state index is 0.363. The molecule has 0 saturated carbocycles. The van der Waals surface area contributed by atoms with E-state index in [4.69, 9.17) is 4.74 Å². The summed E-state index contributed by atoms with van der Waals surface area (Å²) in [6.45, 7) is 3.01.